The summed E-state index contributed by atoms with van der Waals surface area (Å²) in [6.07, 6.45) is -3.56. The van der Waals surface area contributed by atoms with Crippen LogP contribution in [0.1, 0.15) is 0 Å². The largest absolute Gasteiger partial charge is 0.578 e. The number of aromatic nitrogens is 2. The molecule has 0 radical (unpaired) electrons. The number of alkyl halides is 3. The molecule has 0 saturated heterocycles. The third-order valence-electron chi connectivity index (χ3n) is 0.731. The van der Waals surface area contributed by atoms with E-state index in [0.29, 0.717) is 11.5 Å². The topological polar surface area (TPSA) is 19.7 Å². The fraction of sp³-hybridized carbons (Fsp3) is 0.333. The van der Waals surface area contributed by atoms with Crippen molar-refractivity contribution in [2.75, 3.05) is 0 Å². The lowest BCUT2D eigenvalue weighted by molar-refractivity contribution is -0.807. The van der Waals surface area contributed by atoms with Crippen LogP contribution >= 0.6 is 23.8 Å². The molecule has 1 aromatic heterocycles. The van der Waals surface area contributed by atoms with Gasteiger partial charge in [-0.3, -0.25) is 0 Å². The zero-order chi connectivity index (χ0) is 7.78. The molecule has 0 saturated carbocycles. The molecule has 0 aliphatic heterocycles. The minimum absolute atomic E-state index is 0.106. The first-order valence-corrected chi connectivity index (χ1v) is 3.36. The first kappa shape index (κ1) is 7.67. The van der Waals surface area contributed by atoms with E-state index in [9.17, 15) is 13.2 Å². The van der Waals surface area contributed by atoms with Crippen molar-refractivity contribution >= 4 is 23.8 Å². The molecule has 1 heterocycles. The summed E-state index contributed by atoms with van der Waals surface area (Å²) in [5, 5.41) is 0. The summed E-state index contributed by atoms with van der Waals surface area (Å²) in [4.78, 5) is 2.25. The van der Waals surface area contributed by atoms with Gasteiger partial charge in [-0.15, -0.1) is 13.2 Å². The minimum Gasteiger partial charge on any atom is -0.225 e. The number of hydrogen-bond acceptors (Lipinski definition) is 2. The van der Waals surface area contributed by atoms with E-state index in [0.717, 1.165) is 6.33 Å². The van der Waals surface area contributed by atoms with Crippen LogP contribution in [0.4, 0.5) is 13.2 Å². The fourth-order valence-electron chi connectivity index (χ4n) is 0.378. The zero-order valence-electron chi connectivity index (χ0n) is 4.47. The average molecular weight is 187 g/mol. The minimum atomic E-state index is -4.35. The van der Waals surface area contributed by atoms with Crippen molar-refractivity contribution in [3.8, 4) is 0 Å². The maximum Gasteiger partial charge on any atom is 0.578 e. The van der Waals surface area contributed by atoms with Crippen LogP contribution in [-0.4, -0.2) is 4.98 Å². The van der Waals surface area contributed by atoms with Crippen LogP contribution < -0.4 is 3.96 Å². The standard InChI is InChI=1S/C3HF3N2S2/c4-3(5,6)8-1-7-2(9)10-8/h1H/p+1. The molecule has 0 aliphatic carbocycles. The second-order valence-corrected chi connectivity index (χ2v) is 3.10. The molecule has 1 aromatic rings. The van der Waals surface area contributed by atoms with Crippen LogP contribution in [0.2, 0.25) is 0 Å². The maximum atomic E-state index is 11.7. The lowest BCUT2D eigenvalue weighted by Crippen LogP contribution is -2.42. The highest BCUT2D eigenvalue weighted by atomic mass is 32.2. The SMILES string of the molecule is FC(F)(F)[n+]1c[nH]c(=S)s1. The molecule has 1 rings (SSSR count). The van der Waals surface area contributed by atoms with Crippen molar-refractivity contribution in [1.29, 1.82) is 0 Å². The lowest BCUT2D eigenvalue weighted by Gasteiger charge is -1.94. The van der Waals surface area contributed by atoms with E-state index in [2.05, 4.69) is 17.2 Å². The van der Waals surface area contributed by atoms with Crippen molar-refractivity contribution in [1.82, 2.24) is 4.98 Å². The van der Waals surface area contributed by atoms with Crippen LogP contribution in [0.25, 0.3) is 0 Å². The van der Waals surface area contributed by atoms with Gasteiger partial charge in [0.05, 0.1) is 0 Å². The Hall–Kier alpha value is -0.430. The van der Waals surface area contributed by atoms with Gasteiger partial charge in [0.1, 0.15) is 11.5 Å². The van der Waals surface area contributed by atoms with E-state index in [1.165, 1.54) is 0 Å². The van der Waals surface area contributed by atoms with Gasteiger partial charge in [-0.1, -0.05) is 3.96 Å². The van der Waals surface area contributed by atoms with Crippen LogP contribution in [-0.2, 0) is 6.30 Å². The molecule has 1 N–H and O–H groups in total. The highest BCUT2D eigenvalue weighted by Gasteiger charge is 2.38. The smallest absolute Gasteiger partial charge is 0.225 e. The zero-order valence-corrected chi connectivity index (χ0v) is 6.11. The molecule has 7 heteroatoms. The fourth-order valence-corrected chi connectivity index (χ4v) is 1.16. The summed E-state index contributed by atoms with van der Waals surface area (Å²) in [6.45, 7) is 0. The second-order valence-electron chi connectivity index (χ2n) is 1.45. The lowest BCUT2D eigenvalue weighted by atomic mass is 11.1. The molecule has 10 heavy (non-hydrogen) atoms. The summed E-state index contributed by atoms with van der Waals surface area (Å²) in [5.74, 6) is 0. The van der Waals surface area contributed by atoms with Crippen LogP contribution in [0, 0.1) is 3.95 Å². The molecular formula is C3H2F3N2S2+. The summed E-state index contributed by atoms with van der Waals surface area (Å²) in [6, 6.07) is 0. The van der Waals surface area contributed by atoms with Crippen LogP contribution in [0.3, 0.4) is 0 Å². The molecule has 0 amide bonds. The Morgan fingerprint density at radius 2 is 2.20 bits per heavy atom. The number of nitrogens with zero attached hydrogens (tertiary/aromatic N) is 1. The van der Waals surface area contributed by atoms with Gasteiger partial charge in [0.15, 0.2) is 0 Å². The summed E-state index contributed by atoms with van der Waals surface area (Å²) >= 11 is 4.89. The van der Waals surface area contributed by atoms with E-state index in [1.54, 1.807) is 0 Å². The van der Waals surface area contributed by atoms with E-state index in [1.807, 2.05) is 0 Å². The number of halogens is 3. The molecule has 0 unspecified atom stereocenters. The van der Waals surface area contributed by atoms with E-state index in [-0.39, 0.29) is 7.91 Å². The van der Waals surface area contributed by atoms with Gasteiger partial charge in [0, 0.05) is 0 Å². The molecule has 0 spiro atoms. The normalized spacial score (nSPS) is 11.9. The summed E-state index contributed by atoms with van der Waals surface area (Å²) in [5.41, 5.74) is 0. The van der Waals surface area contributed by atoms with Gasteiger partial charge in [0.25, 0.3) is 10.3 Å². The van der Waals surface area contributed by atoms with Gasteiger partial charge in [0.2, 0.25) is 0 Å². The van der Waals surface area contributed by atoms with Gasteiger partial charge < -0.3 is 0 Å². The monoisotopic (exact) mass is 187 g/mol. The van der Waals surface area contributed by atoms with Crippen LogP contribution in [0.5, 0.6) is 0 Å². The predicted molar refractivity (Wildman–Crippen MR) is 31.0 cm³/mol. The number of H-pyrrole nitrogens is 1. The Labute approximate surface area is 63.1 Å². The first-order chi connectivity index (χ1) is 4.50. The predicted octanol–water partition coefficient (Wildman–Crippen LogP) is 1.57. The Kier molecular flexibility index (Phi) is 1.78. The van der Waals surface area contributed by atoms with Crippen LogP contribution in [0.15, 0.2) is 6.33 Å². The second kappa shape index (κ2) is 2.31. The van der Waals surface area contributed by atoms with Gasteiger partial charge in [-0.25, -0.2) is 4.98 Å². The van der Waals surface area contributed by atoms with Gasteiger partial charge >= 0.3 is 6.30 Å². The van der Waals surface area contributed by atoms with E-state index < -0.39 is 6.30 Å². The Morgan fingerprint density at radius 1 is 1.60 bits per heavy atom. The van der Waals surface area contributed by atoms with Gasteiger partial charge in [-0.05, 0) is 12.2 Å². The quantitative estimate of drug-likeness (QED) is 0.482. The molecule has 0 aromatic carbocycles. The van der Waals surface area contributed by atoms with E-state index >= 15 is 0 Å². The molecular weight excluding hydrogens is 185 g/mol. The third kappa shape index (κ3) is 1.54. The van der Waals surface area contributed by atoms with E-state index in [4.69, 9.17) is 0 Å². The number of aromatic amines is 1. The summed E-state index contributed by atoms with van der Waals surface area (Å²) in [7, 11) is 0. The number of hydrogen-bond donors (Lipinski definition) is 1. The number of rotatable bonds is 0. The van der Waals surface area contributed by atoms with Crippen molar-refractivity contribution in [3.63, 3.8) is 0 Å². The Balaban J connectivity index is 3.07. The molecule has 56 valence electrons. The first-order valence-electron chi connectivity index (χ1n) is 2.18. The molecule has 0 aliphatic rings. The van der Waals surface area contributed by atoms with Crippen molar-refractivity contribution in [2.45, 2.75) is 6.30 Å². The highest BCUT2D eigenvalue weighted by molar-refractivity contribution is 7.73. The maximum absolute atomic E-state index is 11.7. The molecule has 0 fully saturated rings. The average Bonchev–Trinajstić information content (AvgIpc) is 2.11. The highest BCUT2D eigenvalue weighted by Crippen LogP contribution is 2.14. The van der Waals surface area contributed by atoms with Crippen molar-refractivity contribution in [3.05, 3.63) is 10.3 Å². The number of nitrogens with one attached hydrogen (secondary N) is 1. The Bertz CT molecular complexity index is 272. The Morgan fingerprint density at radius 3 is 2.40 bits per heavy atom. The molecule has 0 bridgehead atoms. The van der Waals surface area contributed by atoms with Gasteiger partial charge in [-0.2, -0.15) is 0 Å². The molecule has 0 atom stereocenters. The van der Waals surface area contributed by atoms with Crippen molar-refractivity contribution < 1.29 is 17.1 Å². The van der Waals surface area contributed by atoms with Crippen molar-refractivity contribution in [2.24, 2.45) is 0 Å². The summed E-state index contributed by atoms with van der Waals surface area (Å²) < 4.78 is 35.3. The third-order valence-corrected chi connectivity index (χ3v) is 1.87. The molecule has 2 nitrogen and oxygen atoms in total.